The lowest BCUT2D eigenvalue weighted by Gasteiger charge is -2.52. The van der Waals surface area contributed by atoms with Crippen LogP contribution in [0.2, 0.25) is 0 Å². The highest BCUT2D eigenvalue weighted by atomic mass is 15.2. The summed E-state index contributed by atoms with van der Waals surface area (Å²) in [7, 11) is 2.13. The molecule has 2 bridgehead atoms. The van der Waals surface area contributed by atoms with Crippen LogP contribution in [-0.2, 0) is 0 Å². The summed E-state index contributed by atoms with van der Waals surface area (Å²) in [4.78, 5) is 2.88. The highest BCUT2D eigenvalue weighted by molar-refractivity contribution is 4.97. The van der Waals surface area contributed by atoms with Gasteiger partial charge in [-0.05, 0) is 45.6 Å². The molecule has 0 aromatic rings. The number of fused-ring (bicyclic) bond motifs is 2. The second-order valence-electron chi connectivity index (χ2n) is 6.27. The van der Waals surface area contributed by atoms with Crippen LogP contribution in [0.25, 0.3) is 0 Å². The molecule has 2 aliphatic heterocycles. The van der Waals surface area contributed by atoms with E-state index in [1.165, 1.54) is 38.5 Å². The van der Waals surface area contributed by atoms with E-state index in [9.17, 15) is 0 Å². The van der Waals surface area contributed by atoms with Gasteiger partial charge in [-0.1, -0.05) is 26.7 Å². The Morgan fingerprint density at radius 3 is 2.24 bits per heavy atom. The summed E-state index contributed by atoms with van der Waals surface area (Å²) in [6, 6.07) is 3.24. The van der Waals surface area contributed by atoms with Crippen LogP contribution in [0.1, 0.15) is 59.3 Å². The van der Waals surface area contributed by atoms with E-state index in [2.05, 4.69) is 38.0 Å². The molecule has 0 amide bonds. The van der Waals surface area contributed by atoms with Crippen molar-refractivity contribution in [3.8, 4) is 0 Å². The van der Waals surface area contributed by atoms with Crippen LogP contribution in [0.4, 0.5) is 0 Å². The van der Waals surface area contributed by atoms with Crippen molar-refractivity contribution in [2.45, 2.75) is 83.5 Å². The van der Waals surface area contributed by atoms with Crippen LogP contribution >= 0.6 is 0 Å². The Labute approximate surface area is 107 Å². The minimum Gasteiger partial charge on any atom is -0.317 e. The average Bonchev–Trinajstić information content (AvgIpc) is 2.35. The van der Waals surface area contributed by atoms with Crippen LogP contribution in [0.3, 0.4) is 0 Å². The maximum absolute atomic E-state index is 3.51. The highest BCUT2D eigenvalue weighted by Gasteiger charge is 2.40. The molecule has 2 nitrogen and oxygen atoms in total. The number of nitrogens with zero attached hydrogens (tertiary/aromatic N) is 1. The standard InChI is InChI=1S/C15H30N2/c1-5-11(2)12(3)17-14-7-6-8-15(17)10-13(9-14)16-4/h11-16H,5-10H2,1-4H3. The minimum absolute atomic E-state index is 0.769. The van der Waals surface area contributed by atoms with E-state index in [4.69, 9.17) is 0 Å². The molecular weight excluding hydrogens is 208 g/mol. The van der Waals surface area contributed by atoms with Crippen molar-refractivity contribution in [3.05, 3.63) is 0 Å². The summed E-state index contributed by atoms with van der Waals surface area (Å²) >= 11 is 0. The molecule has 0 aromatic carbocycles. The first-order chi connectivity index (χ1) is 8.17. The van der Waals surface area contributed by atoms with Crippen molar-refractivity contribution in [1.29, 1.82) is 0 Å². The third kappa shape index (κ3) is 2.68. The van der Waals surface area contributed by atoms with Crippen LogP contribution in [0.15, 0.2) is 0 Å². The van der Waals surface area contributed by atoms with E-state index >= 15 is 0 Å². The second-order valence-corrected chi connectivity index (χ2v) is 6.27. The van der Waals surface area contributed by atoms with Gasteiger partial charge >= 0.3 is 0 Å². The molecule has 4 unspecified atom stereocenters. The molecule has 0 saturated carbocycles. The fraction of sp³-hybridized carbons (Fsp3) is 1.00. The summed E-state index contributed by atoms with van der Waals surface area (Å²) in [5, 5.41) is 3.51. The number of rotatable bonds is 4. The number of nitrogens with one attached hydrogen (secondary N) is 1. The predicted molar refractivity (Wildman–Crippen MR) is 74.3 cm³/mol. The van der Waals surface area contributed by atoms with Gasteiger partial charge in [0.05, 0.1) is 0 Å². The fourth-order valence-corrected chi connectivity index (χ4v) is 3.95. The summed E-state index contributed by atoms with van der Waals surface area (Å²) < 4.78 is 0. The maximum Gasteiger partial charge on any atom is 0.0116 e. The quantitative estimate of drug-likeness (QED) is 0.810. The smallest absolute Gasteiger partial charge is 0.0116 e. The molecule has 0 spiro atoms. The number of hydrogen-bond donors (Lipinski definition) is 1. The largest absolute Gasteiger partial charge is 0.317 e. The van der Waals surface area contributed by atoms with Crippen molar-refractivity contribution in [2.75, 3.05) is 7.05 Å². The lowest BCUT2D eigenvalue weighted by molar-refractivity contribution is -0.0209. The van der Waals surface area contributed by atoms with Crippen molar-refractivity contribution in [1.82, 2.24) is 10.2 Å². The maximum atomic E-state index is 3.51. The molecule has 0 radical (unpaired) electrons. The summed E-state index contributed by atoms with van der Waals surface area (Å²) in [6.45, 7) is 7.21. The molecule has 4 atom stereocenters. The van der Waals surface area contributed by atoms with E-state index in [1.807, 2.05) is 0 Å². The van der Waals surface area contributed by atoms with E-state index in [1.54, 1.807) is 0 Å². The van der Waals surface area contributed by atoms with Gasteiger partial charge in [-0.2, -0.15) is 0 Å². The van der Waals surface area contributed by atoms with Crippen LogP contribution in [0.5, 0.6) is 0 Å². The molecule has 2 rings (SSSR count). The van der Waals surface area contributed by atoms with Crippen molar-refractivity contribution >= 4 is 0 Å². The number of hydrogen-bond acceptors (Lipinski definition) is 2. The Morgan fingerprint density at radius 1 is 1.18 bits per heavy atom. The van der Waals surface area contributed by atoms with Gasteiger partial charge < -0.3 is 5.32 Å². The Balaban J connectivity index is 2.07. The second kappa shape index (κ2) is 5.71. The van der Waals surface area contributed by atoms with Crippen molar-refractivity contribution < 1.29 is 0 Å². The van der Waals surface area contributed by atoms with Gasteiger partial charge in [0.15, 0.2) is 0 Å². The first-order valence-corrected chi connectivity index (χ1v) is 7.62. The Kier molecular flexibility index (Phi) is 4.48. The van der Waals surface area contributed by atoms with Crippen molar-refractivity contribution in [2.24, 2.45) is 5.92 Å². The topological polar surface area (TPSA) is 15.3 Å². The Bertz CT molecular complexity index is 227. The SMILES string of the molecule is CCC(C)C(C)N1C2CCCC1CC(NC)C2. The molecule has 100 valence electrons. The van der Waals surface area contributed by atoms with Crippen LogP contribution in [-0.4, -0.2) is 36.1 Å². The zero-order chi connectivity index (χ0) is 12.4. The minimum atomic E-state index is 0.769. The molecular formula is C15H30N2. The van der Waals surface area contributed by atoms with Gasteiger partial charge in [0.2, 0.25) is 0 Å². The zero-order valence-corrected chi connectivity index (χ0v) is 12.1. The molecule has 0 aliphatic carbocycles. The van der Waals surface area contributed by atoms with E-state index < -0.39 is 0 Å². The first-order valence-electron chi connectivity index (χ1n) is 7.62. The summed E-state index contributed by atoms with van der Waals surface area (Å²) in [5.74, 6) is 0.837. The third-order valence-corrected chi connectivity index (χ3v) is 5.38. The van der Waals surface area contributed by atoms with Gasteiger partial charge in [-0.3, -0.25) is 4.90 Å². The summed E-state index contributed by atoms with van der Waals surface area (Å²) in [6.07, 6.45) is 8.36. The Morgan fingerprint density at radius 2 is 1.76 bits per heavy atom. The average molecular weight is 238 g/mol. The molecule has 2 heterocycles. The zero-order valence-electron chi connectivity index (χ0n) is 12.1. The fourth-order valence-electron chi connectivity index (χ4n) is 3.95. The Hall–Kier alpha value is -0.0800. The molecule has 2 fully saturated rings. The molecule has 17 heavy (non-hydrogen) atoms. The van der Waals surface area contributed by atoms with Gasteiger partial charge in [-0.25, -0.2) is 0 Å². The van der Waals surface area contributed by atoms with Gasteiger partial charge in [-0.15, -0.1) is 0 Å². The molecule has 1 N–H and O–H groups in total. The molecule has 2 saturated heterocycles. The number of piperidine rings is 2. The predicted octanol–water partition coefficient (Wildman–Crippen LogP) is 3.03. The van der Waals surface area contributed by atoms with Crippen molar-refractivity contribution in [3.63, 3.8) is 0 Å². The van der Waals surface area contributed by atoms with E-state index in [0.29, 0.717) is 0 Å². The van der Waals surface area contributed by atoms with E-state index in [-0.39, 0.29) is 0 Å². The third-order valence-electron chi connectivity index (χ3n) is 5.38. The molecule has 2 heteroatoms. The lowest BCUT2D eigenvalue weighted by atomic mass is 9.79. The monoisotopic (exact) mass is 238 g/mol. The van der Waals surface area contributed by atoms with Gasteiger partial charge in [0.25, 0.3) is 0 Å². The van der Waals surface area contributed by atoms with Crippen LogP contribution < -0.4 is 5.32 Å². The molecule has 2 aliphatic rings. The van der Waals surface area contributed by atoms with Crippen LogP contribution in [0, 0.1) is 5.92 Å². The van der Waals surface area contributed by atoms with Gasteiger partial charge in [0.1, 0.15) is 0 Å². The highest BCUT2D eigenvalue weighted by Crippen LogP contribution is 2.37. The normalized spacial score (nSPS) is 37.8. The van der Waals surface area contributed by atoms with Gasteiger partial charge in [0, 0.05) is 24.2 Å². The van der Waals surface area contributed by atoms with E-state index in [0.717, 1.165) is 30.1 Å². The summed E-state index contributed by atoms with van der Waals surface area (Å²) in [5.41, 5.74) is 0. The first kappa shape index (κ1) is 13.4. The molecule has 0 aromatic heterocycles. The lowest BCUT2D eigenvalue weighted by Crippen LogP contribution is -2.59.